The maximum atomic E-state index is 11.5. The van der Waals surface area contributed by atoms with E-state index in [2.05, 4.69) is 21.2 Å². The monoisotopic (exact) mass is 285 g/mol. The second kappa shape index (κ2) is 6.66. The van der Waals surface area contributed by atoms with E-state index in [1.54, 1.807) is 0 Å². The molecule has 1 unspecified atom stereocenters. The minimum atomic E-state index is -0.450. The van der Waals surface area contributed by atoms with Gasteiger partial charge in [-0.1, -0.05) is 35.0 Å². The average molecular weight is 286 g/mol. The van der Waals surface area contributed by atoms with Crippen molar-refractivity contribution >= 4 is 21.8 Å². The first-order valence-corrected chi connectivity index (χ1v) is 6.10. The Morgan fingerprint density at radius 2 is 2.06 bits per heavy atom. The molecule has 0 spiro atoms. The van der Waals surface area contributed by atoms with E-state index in [1.807, 2.05) is 31.2 Å². The normalized spacial score (nSPS) is 12.2. The Morgan fingerprint density at radius 1 is 1.44 bits per heavy atom. The van der Waals surface area contributed by atoms with Crippen LogP contribution in [0.4, 0.5) is 0 Å². The van der Waals surface area contributed by atoms with Crippen LogP contribution >= 0.6 is 15.9 Å². The van der Waals surface area contributed by atoms with Crippen molar-refractivity contribution in [3.8, 4) is 0 Å². The van der Waals surface area contributed by atoms with Gasteiger partial charge in [0.1, 0.15) is 0 Å². The standard InChI is InChI=1S/C12H16BrNO2/c1-2-11(15)8-14-12(16)7-9-3-5-10(13)6-4-9/h3-6,11,15H,2,7-8H2,1H3,(H,14,16). The van der Waals surface area contributed by atoms with Gasteiger partial charge in [0.2, 0.25) is 5.91 Å². The van der Waals surface area contributed by atoms with Crippen molar-refractivity contribution in [2.24, 2.45) is 0 Å². The van der Waals surface area contributed by atoms with Crippen molar-refractivity contribution in [3.05, 3.63) is 34.3 Å². The van der Waals surface area contributed by atoms with Crippen LogP contribution in [0.3, 0.4) is 0 Å². The fourth-order valence-electron chi connectivity index (χ4n) is 1.23. The summed E-state index contributed by atoms with van der Waals surface area (Å²) in [6.45, 7) is 2.21. The molecule has 3 nitrogen and oxygen atoms in total. The molecule has 0 aliphatic carbocycles. The molecule has 0 aliphatic rings. The molecular weight excluding hydrogens is 270 g/mol. The first-order chi connectivity index (χ1) is 7.61. The van der Waals surface area contributed by atoms with Gasteiger partial charge in [-0.15, -0.1) is 0 Å². The lowest BCUT2D eigenvalue weighted by Crippen LogP contribution is -2.32. The van der Waals surface area contributed by atoms with Crippen LogP contribution in [0.1, 0.15) is 18.9 Å². The number of benzene rings is 1. The number of nitrogens with one attached hydrogen (secondary N) is 1. The topological polar surface area (TPSA) is 49.3 Å². The number of aliphatic hydroxyl groups excluding tert-OH is 1. The summed E-state index contributed by atoms with van der Waals surface area (Å²) in [6.07, 6.45) is 0.552. The van der Waals surface area contributed by atoms with E-state index < -0.39 is 6.10 Å². The number of hydrogen-bond donors (Lipinski definition) is 2. The zero-order chi connectivity index (χ0) is 12.0. The molecule has 1 rings (SSSR count). The highest BCUT2D eigenvalue weighted by Crippen LogP contribution is 2.10. The second-order valence-corrected chi connectivity index (χ2v) is 4.59. The molecule has 0 aliphatic heterocycles. The Morgan fingerprint density at radius 3 is 2.62 bits per heavy atom. The molecular formula is C12H16BrNO2. The third-order valence-corrected chi connectivity index (χ3v) is 2.81. The minimum Gasteiger partial charge on any atom is -0.391 e. The fourth-order valence-corrected chi connectivity index (χ4v) is 1.49. The largest absolute Gasteiger partial charge is 0.391 e. The van der Waals surface area contributed by atoms with Crippen LogP contribution in [-0.4, -0.2) is 23.7 Å². The zero-order valence-corrected chi connectivity index (χ0v) is 10.8. The molecule has 0 aromatic heterocycles. The van der Waals surface area contributed by atoms with Crippen molar-refractivity contribution < 1.29 is 9.90 Å². The van der Waals surface area contributed by atoms with Crippen molar-refractivity contribution in [3.63, 3.8) is 0 Å². The van der Waals surface area contributed by atoms with Gasteiger partial charge in [0.25, 0.3) is 0 Å². The number of aliphatic hydroxyl groups is 1. The summed E-state index contributed by atoms with van der Waals surface area (Å²) < 4.78 is 0.998. The number of carbonyl (C=O) groups excluding carboxylic acids is 1. The number of carbonyl (C=O) groups is 1. The predicted molar refractivity (Wildman–Crippen MR) is 67.2 cm³/mol. The quantitative estimate of drug-likeness (QED) is 0.868. The lowest BCUT2D eigenvalue weighted by Gasteiger charge is -2.09. The number of amides is 1. The molecule has 1 aromatic carbocycles. The molecule has 0 heterocycles. The highest BCUT2D eigenvalue weighted by molar-refractivity contribution is 9.10. The van der Waals surface area contributed by atoms with Crippen molar-refractivity contribution in [1.29, 1.82) is 0 Å². The molecule has 4 heteroatoms. The van der Waals surface area contributed by atoms with E-state index >= 15 is 0 Å². The molecule has 0 fully saturated rings. The molecule has 0 saturated heterocycles. The zero-order valence-electron chi connectivity index (χ0n) is 9.24. The Kier molecular flexibility index (Phi) is 5.49. The van der Waals surface area contributed by atoms with Gasteiger partial charge in [-0.2, -0.15) is 0 Å². The second-order valence-electron chi connectivity index (χ2n) is 3.67. The highest BCUT2D eigenvalue weighted by atomic mass is 79.9. The Labute approximate surface area is 104 Å². The van der Waals surface area contributed by atoms with E-state index in [0.717, 1.165) is 10.0 Å². The van der Waals surface area contributed by atoms with Gasteiger partial charge in [-0.3, -0.25) is 4.79 Å². The molecule has 16 heavy (non-hydrogen) atoms. The lowest BCUT2D eigenvalue weighted by atomic mass is 10.1. The lowest BCUT2D eigenvalue weighted by molar-refractivity contribution is -0.120. The summed E-state index contributed by atoms with van der Waals surface area (Å²) in [4.78, 5) is 11.5. The van der Waals surface area contributed by atoms with E-state index in [1.165, 1.54) is 0 Å². The van der Waals surface area contributed by atoms with Gasteiger partial charge in [-0.25, -0.2) is 0 Å². The molecule has 1 amide bonds. The molecule has 88 valence electrons. The van der Waals surface area contributed by atoms with E-state index in [9.17, 15) is 9.90 Å². The van der Waals surface area contributed by atoms with Crippen LogP contribution in [0.2, 0.25) is 0 Å². The van der Waals surface area contributed by atoms with Crippen LogP contribution in [0.15, 0.2) is 28.7 Å². The van der Waals surface area contributed by atoms with Gasteiger partial charge in [-0.05, 0) is 24.1 Å². The van der Waals surface area contributed by atoms with Gasteiger partial charge in [0.05, 0.1) is 12.5 Å². The maximum Gasteiger partial charge on any atom is 0.224 e. The number of rotatable bonds is 5. The fraction of sp³-hybridized carbons (Fsp3) is 0.417. The SMILES string of the molecule is CCC(O)CNC(=O)Cc1ccc(Br)cc1. The third kappa shape index (κ3) is 4.77. The van der Waals surface area contributed by atoms with E-state index in [0.29, 0.717) is 19.4 Å². The summed E-state index contributed by atoms with van der Waals surface area (Å²) in [6, 6.07) is 7.62. The Hall–Kier alpha value is -0.870. The maximum absolute atomic E-state index is 11.5. The van der Waals surface area contributed by atoms with Gasteiger partial charge >= 0.3 is 0 Å². The van der Waals surface area contributed by atoms with Crippen molar-refractivity contribution in [2.45, 2.75) is 25.9 Å². The van der Waals surface area contributed by atoms with Gasteiger partial charge in [0.15, 0.2) is 0 Å². The summed E-state index contributed by atoms with van der Waals surface area (Å²) in [5.41, 5.74) is 0.965. The van der Waals surface area contributed by atoms with Crippen molar-refractivity contribution in [1.82, 2.24) is 5.32 Å². The van der Waals surface area contributed by atoms with Crippen LogP contribution in [-0.2, 0) is 11.2 Å². The summed E-state index contributed by atoms with van der Waals surface area (Å²) in [7, 11) is 0. The van der Waals surface area contributed by atoms with Crippen LogP contribution in [0.5, 0.6) is 0 Å². The van der Waals surface area contributed by atoms with Gasteiger partial charge in [0, 0.05) is 11.0 Å². The summed E-state index contributed by atoms with van der Waals surface area (Å²) in [5.74, 6) is -0.0603. The smallest absolute Gasteiger partial charge is 0.224 e. The molecule has 0 radical (unpaired) electrons. The average Bonchev–Trinajstić information content (AvgIpc) is 2.29. The first-order valence-electron chi connectivity index (χ1n) is 5.31. The number of hydrogen-bond acceptors (Lipinski definition) is 2. The highest BCUT2D eigenvalue weighted by Gasteiger charge is 2.05. The van der Waals surface area contributed by atoms with Gasteiger partial charge < -0.3 is 10.4 Å². The third-order valence-electron chi connectivity index (χ3n) is 2.28. The Bertz CT molecular complexity index is 337. The summed E-state index contributed by atoms with van der Waals surface area (Å²) in [5, 5.41) is 12.0. The Balaban J connectivity index is 2.37. The summed E-state index contributed by atoms with van der Waals surface area (Å²) >= 11 is 3.34. The minimum absolute atomic E-state index is 0.0603. The molecule has 0 saturated carbocycles. The van der Waals surface area contributed by atoms with Crippen LogP contribution in [0.25, 0.3) is 0 Å². The number of halogens is 1. The first kappa shape index (κ1) is 13.2. The molecule has 0 bridgehead atoms. The van der Waals surface area contributed by atoms with E-state index in [-0.39, 0.29) is 5.91 Å². The molecule has 1 aromatic rings. The molecule has 2 N–H and O–H groups in total. The van der Waals surface area contributed by atoms with Crippen LogP contribution in [0, 0.1) is 0 Å². The van der Waals surface area contributed by atoms with E-state index in [4.69, 9.17) is 0 Å². The predicted octanol–water partition coefficient (Wildman–Crippen LogP) is 1.88. The van der Waals surface area contributed by atoms with Crippen LogP contribution < -0.4 is 5.32 Å². The molecule has 1 atom stereocenters. The van der Waals surface area contributed by atoms with Crippen molar-refractivity contribution in [2.75, 3.05) is 6.54 Å².